The summed E-state index contributed by atoms with van der Waals surface area (Å²) in [4.78, 5) is 14.7. The molecule has 5 heteroatoms. The molecule has 1 aliphatic heterocycles. The number of methoxy groups -OCH3 is 1. The van der Waals surface area contributed by atoms with E-state index >= 15 is 0 Å². The number of aliphatic hydroxyl groups excluding tert-OH is 1. The molecule has 24 heavy (non-hydrogen) atoms. The van der Waals surface area contributed by atoms with Gasteiger partial charge in [0.1, 0.15) is 5.75 Å². The first-order valence-corrected chi connectivity index (χ1v) is 8.76. The van der Waals surface area contributed by atoms with Gasteiger partial charge in [0.15, 0.2) is 0 Å². The van der Waals surface area contributed by atoms with E-state index in [0.717, 1.165) is 27.9 Å². The number of hydrogen-bond acceptors (Lipinski definition) is 3. The minimum Gasteiger partial charge on any atom is -0.497 e. The average molecular weight is 328 g/mol. The van der Waals surface area contributed by atoms with Crippen LogP contribution in [0.1, 0.15) is 47.8 Å². The number of ether oxygens (including phenoxy) is 1. The molecule has 4 rings (SSSR count). The number of β-amino-alcohol motifs (C(OH)–C–C–N with tert-alkyl or cyclic N) is 1. The summed E-state index contributed by atoms with van der Waals surface area (Å²) in [6, 6.07) is 6.48. The first-order valence-electron chi connectivity index (χ1n) is 8.76. The highest BCUT2D eigenvalue weighted by Gasteiger charge is 2.34. The molecule has 1 amide bonds. The number of nitrogens with zero attached hydrogens (tertiary/aromatic N) is 2. The van der Waals surface area contributed by atoms with Crippen molar-refractivity contribution in [2.24, 2.45) is 0 Å². The van der Waals surface area contributed by atoms with Crippen LogP contribution < -0.4 is 4.74 Å². The summed E-state index contributed by atoms with van der Waals surface area (Å²) in [6.45, 7) is 2.91. The largest absolute Gasteiger partial charge is 0.497 e. The minimum absolute atomic E-state index is 0.0211. The Hall–Kier alpha value is -2.01. The monoisotopic (exact) mass is 328 g/mol. The Morgan fingerprint density at radius 2 is 1.96 bits per heavy atom. The standard InChI is InChI=1S/C19H24N2O3/c1-12-18(19(23)20-10-14(22)11-20)16-9-15(24-2)7-8-17(16)21(12)13-5-3-4-6-13/h7-9,13-14,22H,3-6,10-11H2,1-2H3. The van der Waals surface area contributed by atoms with Crippen molar-refractivity contribution >= 4 is 16.8 Å². The van der Waals surface area contributed by atoms with E-state index in [2.05, 4.69) is 10.6 Å². The Morgan fingerprint density at radius 1 is 1.25 bits per heavy atom. The predicted molar refractivity (Wildman–Crippen MR) is 92.6 cm³/mol. The van der Waals surface area contributed by atoms with Crippen LogP contribution in [0.4, 0.5) is 0 Å². The van der Waals surface area contributed by atoms with E-state index < -0.39 is 0 Å². The molecule has 5 nitrogen and oxygen atoms in total. The van der Waals surface area contributed by atoms with Crippen LogP contribution in [-0.2, 0) is 0 Å². The van der Waals surface area contributed by atoms with Gasteiger partial charge in [-0.1, -0.05) is 12.8 Å². The van der Waals surface area contributed by atoms with Gasteiger partial charge >= 0.3 is 0 Å². The van der Waals surface area contributed by atoms with E-state index in [1.165, 1.54) is 25.7 Å². The fraction of sp³-hybridized carbons (Fsp3) is 0.526. The lowest BCUT2D eigenvalue weighted by molar-refractivity contribution is 0.00595. The third-order valence-electron chi connectivity index (χ3n) is 5.51. The van der Waals surface area contributed by atoms with E-state index in [-0.39, 0.29) is 12.0 Å². The molecule has 1 saturated carbocycles. The van der Waals surface area contributed by atoms with Crippen LogP contribution in [0.25, 0.3) is 10.9 Å². The molecule has 128 valence electrons. The van der Waals surface area contributed by atoms with E-state index in [1.54, 1.807) is 12.0 Å². The third kappa shape index (κ3) is 2.30. The van der Waals surface area contributed by atoms with E-state index in [4.69, 9.17) is 4.74 Å². The molecule has 0 spiro atoms. The maximum Gasteiger partial charge on any atom is 0.256 e. The summed E-state index contributed by atoms with van der Waals surface area (Å²) in [5.74, 6) is 0.788. The Morgan fingerprint density at radius 3 is 2.58 bits per heavy atom. The smallest absolute Gasteiger partial charge is 0.256 e. The van der Waals surface area contributed by atoms with Gasteiger partial charge in [0.05, 0.1) is 18.8 Å². The number of benzene rings is 1. The Labute approximate surface area is 141 Å². The fourth-order valence-electron chi connectivity index (χ4n) is 4.23. The fourth-order valence-corrected chi connectivity index (χ4v) is 4.23. The van der Waals surface area contributed by atoms with Crippen molar-refractivity contribution < 1.29 is 14.6 Å². The van der Waals surface area contributed by atoms with Crippen LogP contribution in [0.5, 0.6) is 5.75 Å². The third-order valence-corrected chi connectivity index (χ3v) is 5.51. The second kappa shape index (κ2) is 5.81. The van der Waals surface area contributed by atoms with Gasteiger partial charge < -0.3 is 19.3 Å². The molecule has 2 aliphatic rings. The van der Waals surface area contributed by atoms with Crippen molar-refractivity contribution in [3.63, 3.8) is 0 Å². The molecule has 1 saturated heterocycles. The Bertz CT molecular complexity index is 783. The molecular weight excluding hydrogens is 304 g/mol. The van der Waals surface area contributed by atoms with Crippen LogP contribution in [0, 0.1) is 6.92 Å². The lowest BCUT2D eigenvalue weighted by Gasteiger charge is -2.36. The van der Waals surface area contributed by atoms with Gasteiger partial charge in [-0.3, -0.25) is 4.79 Å². The van der Waals surface area contributed by atoms with Crippen molar-refractivity contribution in [1.82, 2.24) is 9.47 Å². The highest BCUT2D eigenvalue weighted by Crippen LogP contribution is 2.38. The quantitative estimate of drug-likeness (QED) is 0.942. The zero-order chi connectivity index (χ0) is 16.8. The Kier molecular flexibility index (Phi) is 3.76. The molecule has 1 aromatic heterocycles. The normalized spacial score (nSPS) is 19.0. The molecular formula is C19H24N2O3. The molecule has 0 radical (unpaired) electrons. The van der Waals surface area contributed by atoms with Crippen LogP contribution in [0.15, 0.2) is 18.2 Å². The molecule has 2 aromatic rings. The number of aromatic nitrogens is 1. The van der Waals surface area contributed by atoms with Gasteiger partial charge in [-0.05, 0) is 38.0 Å². The zero-order valence-corrected chi connectivity index (χ0v) is 14.3. The molecule has 1 N–H and O–H groups in total. The van der Waals surface area contributed by atoms with Crippen LogP contribution in [0.2, 0.25) is 0 Å². The number of aliphatic hydroxyl groups is 1. The number of hydrogen-bond donors (Lipinski definition) is 1. The Balaban J connectivity index is 1.87. The molecule has 1 aromatic carbocycles. The van der Waals surface area contributed by atoms with Gasteiger partial charge in [0.25, 0.3) is 5.91 Å². The SMILES string of the molecule is COc1ccc2c(c1)c(C(=O)N1CC(O)C1)c(C)n2C1CCCC1. The lowest BCUT2D eigenvalue weighted by Crippen LogP contribution is -2.53. The van der Waals surface area contributed by atoms with Crippen molar-refractivity contribution in [2.75, 3.05) is 20.2 Å². The van der Waals surface area contributed by atoms with Gasteiger partial charge in [0, 0.05) is 35.7 Å². The van der Waals surface area contributed by atoms with Gasteiger partial charge in [-0.2, -0.15) is 0 Å². The van der Waals surface area contributed by atoms with Crippen molar-refractivity contribution in [2.45, 2.75) is 44.8 Å². The molecule has 0 unspecified atom stereocenters. The number of rotatable bonds is 3. The lowest BCUT2D eigenvalue weighted by atomic mass is 10.1. The number of fused-ring (bicyclic) bond motifs is 1. The molecule has 2 fully saturated rings. The van der Waals surface area contributed by atoms with Crippen LogP contribution in [0.3, 0.4) is 0 Å². The summed E-state index contributed by atoms with van der Waals surface area (Å²) in [5.41, 5.74) is 2.92. The first-order chi connectivity index (χ1) is 11.6. The number of likely N-dealkylation sites (tertiary alicyclic amines) is 1. The second-order valence-corrected chi connectivity index (χ2v) is 7.02. The van der Waals surface area contributed by atoms with Crippen molar-refractivity contribution in [3.05, 3.63) is 29.5 Å². The maximum absolute atomic E-state index is 13.0. The zero-order valence-electron chi connectivity index (χ0n) is 14.3. The topological polar surface area (TPSA) is 54.7 Å². The molecule has 0 bridgehead atoms. The summed E-state index contributed by atoms with van der Waals surface area (Å²) in [7, 11) is 1.65. The van der Waals surface area contributed by atoms with Crippen LogP contribution >= 0.6 is 0 Å². The van der Waals surface area contributed by atoms with Crippen LogP contribution in [-0.4, -0.2) is 46.8 Å². The van der Waals surface area contributed by atoms with Crippen molar-refractivity contribution in [3.8, 4) is 5.75 Å². The second-order valence-electron chi connectivity index (χ2n) is 7.02. The average Bonchev–Trinajstić information content (AvgIpc) is 3.15. The number of carbonyl (C=O) groups excluding carboxylic acids is 1. The molecule has 1 aliphatic carbocycles. The predicted octanol–water partition coefficient (Wildman–Crippen LogP) is 2.89. The summed E-state index contributed by atoms with van der Waals surface area (Å²) in [5, 5.41) is 10.5. The number of carbonyl (C=O) groups is 1. The highest BCUT2D eigenvalue weighted by atomic mass is 16.5. The van der Waals surface area contributed by atoms with E-state index in [1.807, 2.05) is 19.1 Å². The van der Waals surface area contributed by atoms with Gasteiger partial charge in [-0.25, -0.2) is 0 Å². The molecule has 2 heterocycles. The summed E-state index contributed by atoms with van der Waals surface area (Å²) >= 11 is 0. The highest BCUT2D eigenvalue weighted by molar-refractivity contribution is 6.09. The van der Waals surface area contributed by atoms with E-state index in [0.29, 0.717) is 19.1 Å². The summed E-state index contributed by atoms with van der Waals surface area (Å²) in [6.07, 6.45) is 4.47. The first kappa shape index (κ1) is 15.5. The van der Waals surface area contributed by atoms with Crippen molar-refractivity contribution in [1.29, 1.82) is 0 Å². The minimum atomic E-state index is -0.382. The van der Waals surface area contributed by atoms with Gasteiger partial charge in [0.2, 0.25) is 0 Å². The summed E-state index contributed by atoms with van der Waals surface area (Å²) < 4.78 is 7.73. The number of amides is 1. The maximum atomic E-state index is 13.0. The van der Waals surface area contributed by atoms with Gasteiger partial charge in [-0.15, -0.1) is 0 Å². The van der Waals surface area contributed by atoms with E-state index in [9.17, 15) is 9.90 Å². The molecule has 0 atom stereocenters.